The molecule has 1 aliphatic rings. The van der Waals surface area contributed by atoms with Crippen LogP contribution in [0.4, 0.5) is 13.2 Å². The highest BCUT2D eigenvalue weighted by Crippen LogP contribution is 2.25. The zero-order chi connectivity index (χ0) is 16.3. The summed E-state index contributed by atoms with van der Waals surface area (Å²) in [5.41, 5.74) is 0.646. The Labute approximate surface area is 124 Å². The molecule has 0 aliphatic carbocycles. The number of aryl methyl sites for hydroxylation is 1. The summed E-state index contributed by atoms with van der Waals surface area (Å²) in [7, 11) is 0. The molecule has 1 aromatic heterocycles. The van der Waals surface area contributed by atoms with E-state index in [2.05, 4.69) is 10.5 Å². The number of nitrogens with one attached hydrogen (secondary N) is 1. The average molecular weight is 319 g/mol. The Morgan fingerprint density at radius 1 is 1.50 bits per heavy atom. The number of rotatable bonds is 4. The highest BCUT2D eigenvalue weighted by atomic mass is 19.4. The lowest BCUT2D eigenvalue weighted by Crippen LogP contribution is -2.50. The van der Waals surface area contributed by atoms with Crippen LogP contribution in [-0.2, 0) is 16.0 Å². The van der Waals surface area contributed by atoms with Crippen LogP contribution >= 0.6 is 0 Å². The molecule has 1 fully saturated rings. The molecular weight excluding hydrogens is 303 g/mol. The lowest BCUT2D eigenvalue weighted by Gasteiger charge is -2.24. The predicted molar refractivity (Wildman–Crippen MR) is 68.7 cm³/mol. The van der Waals surface area contributed by atoms with E-state index in [0.717, 1.165) is 0 Å². The van der Waals surface area contributed by atoms with Crippen molar-refractivity contribution in [3.8, 4) is 0 Å². The predicted octanol–water partition coefficient (Wildman–Crippen LogP) is 1.20. The third-order valence-electron chi connectivity index (χ3n) is 3.42. The number of alkyl halides is 3. The third kappa shape index (κ3) is 3.77. The molecule has 0 saturated carbocycles. The van der Waals surface area contributed by atoms with Crippen molar-refractivity contribution in [1.82, 2.24) is 15.4 Å². The second-order valence-corrected chi connectivity index (χ2v) is 5.12. The first-order valence-electron chi connectivity index (χ1n) is 6.86. The van der Waals surface area contributed by atoms with Crippen molar-refractivity contribution in [3.63, 3.8) is 0 Å². The van der Waals surface area contributed by atoms with E-state index < -0.39 is 24.0 Å². The van der Waals surface area contributed by atoms with Crippen molar-refractivity contribution in [2.45, 2.75) is 38.4 Å². The van der Waals surface area contributed by atoms with Crippen LogP contribution in [0.15, 0.2) is 10.6 Å². The highest BCUT2D eigenvalue weighted by molar-refractivity contribution is 5.90. The molecule has 0 bridgehead atoms. The number of carbonyl (C=O) groups excluding carboxylic acids is 2. The molecule has 2 heterocycles. The molecule has 2 amide bonds. The Balaban J connectivity index is 1.87. The lowest BCUT2D eigenvalue weighted by atomic mass is 10.2. The fourth-order valence-electron chi connectivity index (χ4n) is 2.41. The van der Waals surface area contributed by atoms with Gasteiger partial charge >= 0.3 is 12.1 Å². The first kappa shape index (κ1) is 16.3. The first-order valence-corrected chi connectivity index (χ1v) is 6.86. The summed E-state index contributed by atoms with van der Waals surface area (Å²) >= 11 is 0. The Morgan fingerprint density at radius 2 is 2.23 bits per heavy atom. The summed E-state index contributed by atoms with van der Waals surface area (Å²) in [5, 5.41) is 6.28. The van der Waals surface area contributed by atoms with E-state index in [0.29, 0.717) is 29.2 Å². The summed E-state index contributed by atoms with van der Waals surface area (Å²) in [6, 6.07) is 0.648. The zero-order valence-electron chi connectivity index (χ0n) is 11.9. The minimum Gasteiger partial charge on any atom is -0.361 e. The van der Waals surface area contributed by atoms with Crippen molar-refractivity contribution >= 4 is 11.8 Å². The van der Waals surface area contributed by atoms with Gasteiger partial charge < -0.3 is 14.7 Å². The first-order chi connectivity index (χ1) is 10.3. The SMILES string of the molecule is Cc1cc(CCNC(=O)C2CCCN2C(=O)C(F)(F)F)no1. The zero-order valence-corrected chi connectivity index (χ0v) is 11.9. The Hall–Kier alpha value is -2.06. The number of carbonyl (C=O) groups is 2. The van der Waals surface area contributed by atoms with E-state index in [4.69, 9.17) is 4.52 Å². The van der Waals surface area contributed by atoms with Gasteiger partial charge in [-0.3, -0.25) is 9.59 Å². The minimum absolute atomic E-state index is 0.0566. The second-order valence-electron chi connectivity index (χ2n) is 5.12. The second kappa shape index (κ2) is 6.37. The number of hydrogen-bond donors (Lipinski definition) is 1. The molecule has 2 rings (SSSR count). The maximum atomic E-state index is 12.5. The van der Waals surface area contributed by atoms with Crippen LogP contribution in [0.5, 0.6) is 0 Å². The quantitative estimate of drug-likeness (QED) is 0.905. The van der Waals surface area contributed by atoms with E-state index >= 15 is 0 Å². The number of hydrogen-bond acceptors (Lipinski definition) is 4. The van der Waals surface area contributed by atoms with Gasteiger partial charge in [0.1, 0.15) is 11.8 Å². The Morgan fingerprint density at radius 3 is 2.82 bits per heavy atom. The van der Waals surface area contributed by atoms with Crippen molar-refractivity contribution in [2.75, 3.05) is 13.1 Å². The summed E-state index contributed by atoms with van der Waals surface area (Å²) < 4.78 is 42.3. The van der Waals surface area contributed by atoms with Crippen LogP contribution in [0.2, 0.25) is 0 Å². The van der Waals surface area contributed by atoms with Gasteiger partial charge in [0.25, 0.3) is 0 Å². The average Bonchev–Trinajstić information content (AvgIpc) is 3.05. The summed E-state index contributed by atoms with van der Waals surface area (Å²) in [4.78, 5) is 23.8. The van der Waals surface area contributed by atoms with Crippen LogP contribution in [0, 0.1) is 6.92 Å². The maximum absolute atomic E-state index is 12.5. The van der Waals surface area contributed by atoms with E-state index in [1.165, 1.54) is 0 Å². The van der Waals surface area contributed by atoms with E-state index in [1.54, 1.807) is 13.0 Å². The maximum Gasteiger partial charge on any atom is 0.471 e. The smallest absolute Gasteiger partial charge is 0.361 e. The van der Waals surface area contributed by atoms with Crippen LogP contribution < -0.4 is 5.32 Å². The molecule has 1 saturated heterocycles. The van der Waals surface area contributed by atoms with Crippen LogP contribution in [0.25, 0.3) is 0 Å². The van der Waals surface area contributed by atoms with Crippen LogP contribution in [0.1, 0.15) is 24.3 Å². The number of halogens is 3. The molecule has 0 spiro atoms. The standard InChI is InChI=1S/C13H16F3N3O3/c1-8-7-9(18-22-8)4-5-17-11(20)10-3-2-6-19(10)12(21)13(14,15)16/h7,10H,2-6H2,1H3,(H,17,20). The molecule has 1 aliphatic heterocycles. The molecule has 1 aromatic rings. The van der Waals surface area contributed by atoms with E-state index in [9.17, 15) is 22.8 Å². The van der Waals surface area contributed by atoms with Gasteiger partial charge in [-0.25, -0.2) is 0 Å². The topological polar surface area (TPSA) is 75.4 Å². The van der Waals surface area contributed by atoms with Gasteiger partial charge in [0.05, 0.1) is 5.69 Å². The van der Waals surface area contributed by atoms with Gasteiger partial charge in [-0.1, -0.05) is 5.16 Å². The summed E-state index contributed by atoms with van der Waals surface area (Å²) in [6.45, 7) is 1.89. The van der Waals surface area contributed by atoms with Gasteiger partial charge in [-0.15, -0.1) is 0 Å². The van der Waals surface area contributed by atoms with Crippen molar-refractivity contribution in [2.24, 2.45) is 0 Å². The van der Waals surface area contributed by atoms with Gasteiger partial charge in [-0.2, -0.15) is 13.2 Å². The van der Waals surface area contributed by atoms with E-state index in [-0.39, 0.29) is 19.5 Å². The fourth-order valence-corrected chi connectivity index (χ4v) is 2.41. The van der Waals surface area contributed by atoms with Gasteiger partial charge in [0.15, 0.2) is 0 Å². The number of likely N-dealkylation sites (tertiary alicyclic amines) is 1. The van der Waals surface area contributed by atoms with Crippen LogP contribution in [-0.4, -0.2) is 47.2 Å². The normalized spacial score (nSPS) is 18.5. The Kier molecular flexibility index (Phi) is 4.72. The minimum atomic E-state index is -4.96. The molecule has 1 unspecified atom stereocenters. The molecule has 0 radical (unpaired) electrons. The Bertz CT molecular complexity index is 556. The van der Waals surface area contributed by atoms with Crippen LogP contribution in [0.3, 0.4) is 0 Å². The third-order valence-corrected chi connectivity index (χ3v) is 3.42. The number of amides is 2. The largest absolute Gasteiger partial charge is 0.471 e. The van der Waals surface area contributed by atoms with Crippen molar-refractivity contribution < 1.29 is 27.3 Å². The lowest BCUT2D eigenvalue weighted by molar-refractivity contribution is -0.186. The molecular formula is C13H16F3N3O3. The van der Waals surface area contributed by atoms with E-state index in [1.807, 2.05) is 0 Å². The van der Waals surface area contributed by atoms with Gasteiger partial charge in [0.2, 0.25) is 5.91 Å². The summed E-state index contributed by atoms with van der Waals surface area (Å²) in [6.07, 6.45) is -3.94. The molecule has 0 aromatic carbocycles. The van der Waals surface area contributed by atoms with Crippen molar-refractivity contribution in [3.05, 3.63) is 17.5 Å². The molecule has 1 N–H and O–H groups in total. The monoisotopic (exact) mass is 319 g/mol. The van der Waals surface area contributed by atoms with Crippen molar-refractivity contribution in [1.29, 1.82) is 0 Å². The summed E-state index contributed by atoms with van der Waals surface area (Å²) in [5.74, 6) is -1.90. The molecule has 22 heavy (non-hydrogen) atoms. The highest BCUT2D eigenvalue weighted by Gasteiger charge is 2.47. The fraction of sp³-hybridized carbons (Fsp3) is 0.615. The van der Waals surface area contributed by atoms with Gasteiger partial charge in [0, 0.05) is 25.6 Å². The van der Waals surface area contributed by atoms with Gasteiger partial charge in [-0.05, 0) is 19.8 Å². The molecule has 1 atom stereocenters. The number of nitrogens with zero attached hydrogens (tertiary/aromatic N) is 2. The number of aromatic nitrogens is 1. The molecule has 122 valence electrons. The molecule has 6 nitrogen and oxygen atoms in total. The molecule has 9 heteroatoms.